The van der Waals surface area contributed by atoms with Crippen LogP contribution in [0.3, 0.4) is 0 Å². The van der Waals surface area contributed by atoms with Gasteiger partial charge in [0.2, 0.25) is 0 Å². The highest BCUT2D eigenvalue weighted by Crippen LogP contribution is 2.28. The Morgan fingerprint density at radius 2 is 1.90 bits per heavy atom. The zero-order valence-corrected chi connectivity index (χ0v) is 18.3. The van der Waals surface area contributed by atoms with Crippen molar-refractivity contribution in [2.75, 3.05) is 57.4 Å². The third-order valence-corrected chi connectivity index (χ3v) is 8.85. The van der Waals surface area contributed by atoms with E-state index < -0.39 is 10.0 Å². The molecule has 3 heterocycles. The first kappa shape index (κ1) is 21.5. The number of hydrogen-bond acceptors (Lipinski definition) is 8. The van der Waals surface area contributed by atoms with Gasteiger partial charge in [-0.25, -0.2) is 8.42 Å². The van der Waals surface area contributed by atoms with Gasteiger partial charge in [-0.05, 0) is 35.7 Å². The molecule has 0 bridgehead atoms. The summed E-state index contributed by atoms with van der Waals surface area (Å²) in [6.07, 6.45) is -0.213. The van der Waals surface area contributed by atoms with Crippen LogP contribution in [0.5, 0.6) is 5.75 Å². The molecule has 2 aliphatic rings. The van der Waals surface area contributed by atoms with Crippen molar-refractivity contribution in [2.24, 2.45) is 0 Å². The van der Waals surface area contributed by atoms with Crippen LogP contribution in [-0.4, -0.2) is 92.5 Å². The number of nitrogens with zero attached hydrogens (tertiary/aromatic N) is 3. The van der Waals surface area contributed by atoms with Crippen LogP contribution in [0.25, 0.3) is 0 Å². The number of rotatable bonds is 6. The number of aliphatic hydroxyl groups excluding tert-OH is 1. The molecule has 4 rings (SSSR count). The van der Waals surface area contributed by atoms with Crippen LogP contribution in [0, 0.1) is 0 Å². The maximum Gasteiger partial charge on any atom is 0.252 e. The SMILES string of the molecule is O=S(=O)(c1cccs1)N1CCN(c2ccc(O)cc2)[C@@H](CN2CCO[C@H](CO)C2)C1. The Bertz CT molecular complexity index is 920. The number of phenolic OH excluding ortho intramolecular Hbond substituents is 1. The molecule has 2 fully saturated rings. The molecule has 2 N–H and O–H groups in total. The monoisotopic (exact) mass is 453 g/mol. The minimum Gasteiger partial charge on any atom is -0.508 e. The van der Waals surface area contributed by atoms with Crippen molar-refractivity contribution < 1.29 is 23.4 Å². The molecule has 10 heteroatoms. The lowest BCUT2D eigenvalue weighted by Crippen LogP contribution is -2.59. The molecule has 0 amide bonds. The highest BCUT2D eigenvalue weighted by atomic mass is 32.2. The summed E-state index contributed by atoms with van der Waals surface area (Å²) < 4.78 is 33.7. The number of piperazine rings is 1. The van der Waals surface area contributed by atoms with Crippen molar-refractivity contribution in [1.82, 2.24) is 9.21 Å². The maximum absolute atomic E-state index is 13.1. The Hall–Kier alpha value is -1.69. The smallest absolute Gasteiger partial charge is 0.252 e. The fraction of sp³-hybridized carbons (Fsp3) is 0.500. The van der Waals surface area contributed by atoms with Crippen molar-refractivity contribution >= 4 is 27.0 Å². The number of aliphatic hydroxyl groups is 1. The molecular weight excluding hydrogens is 426 g/mol. The maximum atomic E-state index is 13.1. The van der Waals surface area contributed by atoms with E-state index in [0.717, 1.165) is 12.2 Å². The number of phenols is 1. The lowest BCUT2D eigenvalue weighted by atomic mass is 10.1. The van der Waals surface area contributed by atoms with Crippen LogP contribution < -0.4 is 4.90 Å². The summed E-state index contributed by atoms with van der Waals surface area (Å²) in [4.78, 5) is 4.44. The van der Waals surface area contributed by atoms with Gasteiger partial charge in [0.15, 0.2) is 0 Å². The molecular formula is C20H27N3O5S2. The number of ether oxygens (including phenoxy) is 1. The van der Waals surface area contributed by atoms with Crippen molar-refractivity contribution in [3.05, 3.63) is 41.8 Å². The summed E-state index contributed by atoms with van der Waals surface area (Å²) >= 11 is 1.24. The Kier molecular flexibility index (Phi) is 6.61. The predicted octanol–water partition coefficient (Wildman–Crippen LogP) is 1.03. The number of anilines is 1. The Morgan fingerprint density at radius 3 is 2.60 bits per heavy atom. The van der Waals surface area contributed by atoms with Crippen LogP contribution in [0.4, 0.5) is 5.69 Å². The van der Waals surface area contributed by atoms with Gasteiger partial charge in [0.05, 0.1) is 25.4 Å². The van der Waals surface area contributed by atoms with Crippen molar-refractivity contribution in [3.8, 4) is 5.75 Å². The molecule has 2 aromatic rings. The van der Waals surface area contributed by atoms with Crippen LogP contribution >= 0.6 is 11.3 Å². The van der Waals surface area contributed by atoms with Gasteiger partial charge in [0.1, 0.15) is 9.96 Å². The molecule has 2 saturated heterocycles. The number of aromatic hydroxyl groups is 1. The number of thiophene rings is 1. The molecule has 30 heavy (non-hydrogen) atoms. The third-order valence-electron chi connectivity index (χ3n) is 5.61. The van der Waals surface area contributed by atoms with E-state index in [2.05, 4.69) is 9.80 Å². The summed E-state index contributed by atoms with van der Waals surface area (Å²) in [6, 6.07) is 10.4. The van der Waals surface area contributed by atoms with E-state index >= 15 is 0 Å². The molecule has 0 radical (unpaired) electrons. The van der Waals surface area contributed by atoms with E-state index in [1.165, 1.54) is 11.3 Å². The van der Waals surface area contributed by atoms with Gasteiger partial charge >= 0.3 is 0 Å². The van der Waals surface area contributed by atoms with E-state index in [4.69, 9.17) is 4.74 Å². The van der Waals surface area contributed by atoms with Gasteiger partial charge in [-0.3, -0.25) is 4.90 Å². The minimum absolute atomic E-state index is 0.0261. The Morgan fingerprint density at radius 1 is 1.10 bits per heavy atom. The molecule has 0 spiro atoms. The first-order valence-electron chi connectivity index (χ1n) is 10.0. The number of morpholine rings is 1. The van der Waals surface area contributed by atoms with Crippen molar-refractivity contribution in [2.45, 2.75) is 16.4 Å². The van der Waals surface area contributed by atoms with Gasteiger partial charge < -0.3 is 19.8 Å². The van der Waals surface area contributed by atoms with Crippen LogP contribution in [0.2, 0.25) is 0 Å². The molecule has 1 aromatic carbocycles. The van der Waals surface area contributed by atoms with E-state index in [1.54, 1.807) is 34.0 Å². The Labute approximate surface area is 181 Å². The highest BCUT2D eigenvalue weighted by Gasteiger charge is 2.36. The summed E-state index contributed by atoms with van der Waals surface area (Å²) in [5.41, 5.74) is 0.956. The lowest BCUT2D eigenvalue weighted by Gasteiger charge is -2.45. The molecule has 1 aromatic heterocycles. The highest BCUT2D eigenvalue weighted by molar-refractivity contribution is 7.91. The van der Waals surface area contributed by atoms with E-state index in [-0.39, 0.29) is 24.5 Å². The summed E-state index contributed by atoms with van der Waals surface area (Å²) in [5, 5.41) is 20.9. The van der Waals surface area contributed by atoms with E-state index in [0.29, 0.717) is 43.5 Å². The second kappa shape index (κ2) is 9.21. The van der Waals surface area contributed by atoms with Gasteiger partial charge in [-0.2, -0.15) is 4.31 Å². The van der Waals surface area contributed by atoms with Crippen molar-refractivity contribution in [1.29, 1.82) is 0 Å². The molecule has 164 valence electrons. The molecule has 0 aliphatic carbocycles. The zero-order chi connectivity index (χ0) is 21.1. The first-order chi connectivity index (χ1) is 14.5. The standard InChI is InChI=1S/C20H27N3O5S2/c24-15-19-14-21(9-10-28-19)12-17-13-22(30(26,27)20-2-1-11-29-20)7-8-23(17)16-3-5-18(25)6-4-16/h1-6,11,17,19,24-25H,7-10,12-15H2/t17-,19-/m0/s1. The zero-order valence-electron chi connectivity index (χ0n) is 16.6. The summed E-state index contributed by atoms with van der Waals surface area (Å²) in [5.74, 6) is 0.202. The number of sulfonamides is 1. The average Bonchev–Trinajstić information content (AvgIpc) is 3.30. The summed E-state index contributed by atoms with van der Waals surface area (Å²) in [6.45, 7) is 3.89. The van der Waals surface area contributed by atoms with Gasteiger partial charge in [0.25, 0.3) is 10.0 Å². The third kappa shape index (κ3) is 4.63. The normalized spacial score (nSPS) is 24.2. The molecule has 2 atom stereocenters. The first-order valence-corrected chi connectivity index (χ1v) is 12.3. The van der Waals surface area contributed by atoms with Crippen molar-refractivity contribution in [3.63, 3.8) is 0 Å². The predicted molar refractivity (Wildman–Crippen MR) is 116 cm³/mol. The van der Waals surface area contributed by atoms with E-state index in [9.17, 15) is 18.6 Å². The largest absolute Gasteiger partial charge is 0.508 e. The average molecular weight is 454 g/mol. The molecule has 0 saturated carbocycles. The van der Waals surface area contributed by atoms with Gasteiger partial charge in [-0.1, -0.05) is 6.07 Å². The second-order valence-corrected chi connectivity index (χ2v) is 10.7. The van der Waals surface area contributed by atoms with Crippen LogP contribution in [0.15, 0.2) is 46.0 Å². The Balaban J connectivity index is 1.56. The van der Waals surface area contributed by atoms with Gasteiger partial charge in [0, 0.05) is 45.0 Å². The second-order valence-electron chi connectivity index (χ2n) is 7.59. The topological polar surface area (TPSA) is 93.6 Å². The molecule has 2 aliphatic heterocycles. The van der Waals surface area contributed by atoms with Crippen LogP contribution in [0.1, 0.15) is 0 Å². The van der Waals surface area contributed by atoms with Crippen LogP contribution in [-0.2, 0) is 14.8 Å². The fourth-order valence-corrected chi connectivity index (χ4v) is 6.69. The lowest BCUT2D eigenvalue weighted by molar-refractivity contribution is -0.0545. The molecule has 8 nitrogen and oxygen atoms in total. The molecule has 0 unspecified atom stereocenters. The minimum atomic E-state index is -3.52. The van der Waals surface area contributed by atoms with Gasteiger partial charge in [-0.15, -0.1) is 11.3 Å². The quantitative estimate of drug-likeness (QED) is 0.675. The number of benzene rings is 1. The fourth-order valence-electron chi connectivity index (χ4n) is 4.08. The van der Waals surface area contributed by atoms with E-state index in [1.807, 2.05) is 12.1 Å². The number of hydrogen-bond donors (Lipinski definition) is 2. The summed E-state index contributed by atoms with van der Waals surface area (Å²) in [7, 11) is -3.52.